The molecule has 156 valence electrons. The van der Waals surface area contributed by atoms with Crippen molar-refractivity contribution >= 4 is 20.9 Å². The first kappa shape index (κ1) is 20.4. The molecular formula is C22H24FN5OS. The van der Waals surface area contributed by atoms with Gasteiger partial charge in [-0.1, -0.05) is 6.07 Å². The molecule has 6 nitrogen and oxygen atoms in total. The number of halogens is 1. The summed E-state index contributed by atoms with van der Waals surface area (Å²) in [5, 5.41) is 5.52. The number of aromatic nitrogens is 5. The van der Waals surface area contributed by atoms with E-state index in [4.69, 9.17) is 4.74 Å². The van der Waals surface area contributed by atoms with Gasteiger partial charge < -0.3 is 4.74 Å². The van der Waals surface area contributed by atoms with Crippen molar-refractivity contribution in [3.05, 3.63) is 60.9 Å². The Hall–Kier alpha value is -2.84. The minimum absolute atomic E-state index is 0.301. The molecule has 4 aromatic heterocycles. The molecular weight excluding hydrogens is 401 g/mol. The lowest BCUT2D eigenvalue weighted by atomic mass is 10.1. The molecule has 0 aromatic carbocycles. The standard InChI is InChI=1S/C22H24FN5OS/c1-30(2,3)11-10-29-15-28-20-14-25-19(16-6-5-9-24-13-16)12-17(20)22(27-28)18-7-4-8-21(23)26-18/h4-9,12-14H,10-11,15H2,1-3H3. The van der Waals surface area contributed by atoms with Crippen LogP contribution < -0.4 is 0 Å². The zero-order valence-electron chi connectivity index (χ0n) is 17.2. The van der Waals surface area contributed by atoms with Crippen molar-refractivity contribution in [3.63, 3.8) is 0 Å². The van der Waals surface area contributed by atoms with E-state index in [2.05, 4.69) is 38.8 Å². The quantitative estimate of drug-likeness (QED) is 0.325. The second kappa shape index (κ2) is 8.49. The average molecular weight is 426 g/mol. The number of rotatable bonds is 7. The van der Waals surface area contributed by atoms with Crippen LogP contribution in [0.15, 0.2) is 55.0 Å². The fourth-order valence-corrected chi connectivity index (χ4v) is 3.65. The summed E-state index contributed by atoms with van der Waals surface area (Å²) in [7, 11) is -0.624. The van der Waals surface area contributed by atoms with Gasteiger partial charge in [0.1, 0.15) is 12.4 Å². The molecule has 4 heterocycles. The largest absolute Gasteiger partial charge is 0.358 e. The first-order valence-corrected chi connectivity index (χ1v) is 12.6. The molecule has 0 saturated carbocycles. The van der Waals surface area contributed by atoms with Gasteiger partial charge in [-0.25, -0.2) is 19.7 Å². The summed E-state index contributed by atoms with van der Waals surface area (Å²) in [5.41, 5.74) is 3.55. The molecule has 0 unspecified atom stereocenters. The Kier molecular flexibility index (Phi) is 5.78. The van der Waals surface area contributed by atoms with E-state index in [1.165, 1.54) is 6.07 Å². The van der Waals surface area contributed by atoms with Crippen molar-refractivity contribution in [3.8, 4) is 22.6 Å². The third kappa shape index (κ3) is 4.66. The predicted molar refractivity (Wildman–Crippen MR) is 120 cm³/mol. The lowest BCUT2D eigenvalue weighted by Gasteiger charge is -2.24. The fraction of sp³-hybridized carbons (Fsp3) is 0.273. The summed E-state index contributed by atoms with van der Waals surface area (Å²) >= 11 is 0. The van der Waals surface area contributed by atoms with Crippen molar-refractivity contribution in [1.82, 2.24) is 24.7 Å². The molecule has 30 heavy (non-hydrogen) atoms. The average Bonchev–Trinajstić information content (AvgIpc) is 3.09. The van der Waals surface area contributed by atoms with Crippen LogP contribution in [0.3, 0.4) is 0 Å². The Morgan fingerprint density at radius 2 is 1.93 bits per heavy atom. The van der Waals surface area contributed by atoms with Crippen molar-refractivity contribution in [1.29, 1.82) is 0 Å². The Balaban J connectivity index is 1.73. The number of nitrogens with zero attached hydrogens (tertiary/aromatic N) is 5. The SMILES string of the molecule is CS(C)(C)CCOCn1nc(-c2cccc(F)n2)c2cc(-c3cccnc3)ncc21. The highest BCUT2D eigenvalue weighted by molar-refractivity contribution is 8.32. The molecule has 4 aromatic rings. The van der Waals surface area contributed by atoms with Crippen LogP contribution in [-0.2, 0) is 11.5 Å². The van der Waals surface area contributed by atoms with E-state index in [1.54, 1.807) is 35.4 Å². The van der Waals surface area contributed by atoms with Gasteiger partial charge in [-0.15, -0.1) is 0 Å². The van der Waals surface area contributed by atoms with E-state index >= 15 is 0 Å². The Morgan fingerprint density at radius 3 is 2.67 bits per heavy atom. The molecule has 0 aliphatic rings. The molecule has 0 bridgehead atoms. The van der Waals surface area contributed by atoms with Crippen molar-refractivity contribution in [2.24, 2.45) is 0 Å². The summed E-state index contributed by atoms with van der Waals surface area (Å²) in [5.74, 6) is 0.481. The Morgan fingerprint density at radius 1 is 1.07 bits per heavy atom. The molecule has 0 N–H and O–H groups in total. The molecule has 0 aliphatic carbocycles. The van der Waals surface area contributed by atoms with Crippen LogP contribution in [0, 0.1) is 5.95 Å². The summed E-state index contributed by atoms with van der Waals surface area (Å²) in [6, 6.07) is 10.5. The summed E-state index contributed by atoms with van der Waals surface area (Å²) < 4.78 is 21.4. The van der Waals surface area contributed by atoms with Gasteiger partial charge in [-0.2, -0.15) is 9.49 Å². The molecule has 0 spiro atoms. The summed E-state index contributed by atoms with van der Waals surface area (Å²) in [4.78, 5) is 12.8. The molecule has 0 saturated heterocycles. The number of hydrogen-bond donors (Lipinski definition) is 0. The molecule has 0 fully saturated rings. The minimum Gasteiger partial charge on any atom is -0.358 e. The Bertz CT molecular complexity index is 1160. The van der Waals surface area contributed by atoms with E-state index in [9.17, 15) is 4.39 Å². The molecule has 0 atom stereocenters. The van der Waals surface area contributed by atoms with E-state index in [-0.39, 0.29) is 0 Å². The molecule has 0 amide bonds. The Labute approximate surface area is 176 Å². The van der Waals surface area contributed by atoms with Gasteiger partial charge in [-0.3, -0.25) is 9.97 Å². The highest BCUT2D eigenvalue weighted by Crippen LogP contribution is 2.34. The maximum atomic E-state index is 13.8. The first-order chi connectivity index (χ1) is 14.4. The van der Waals surface area contributed by atoms with Crippen LogP contribution in [-0.4, -0.2) is 55.9 Å². The second-order valence-corrected chi connectivity index (χ2v) is 12.4. The maximum absolute atomic E-state index is 13.8. The van der Waals surface area contributed by atoms with Crippen LogP contribution in [0.2, 0.25) is 0 Å². The number of fused-ring (bicyclic) bond motifs is 1. The minimum atomic E-state index is -0.624. The summed E-state index contributed by atoms with van der Waals surface area (Å²) in [6.07, 6.45) is 12.0. The molecule has 0 radical (unpaired) electrons. The molecule has 0 aliphatic heterocycles. The van der Waals surface area contributed by atoms with Crippen LogP contribution in [0.25, 0.3) is 33.5 Å². The zero-order valence-corrected chi connectivity index (χ0v) is 18.1. The van der Waals surface area contributed by atoms with Gasteiger partial charge in [0.2, 0.25) is 5.95 Å². The zero-order chi connectivity index (χ0) is 21.1. The third-order valence-corrected chi connectivity index (χ3v) is 6.00. The first-order valence-electron chi connectivity index (χ1n) is 9.54. The van der Waals surface area contributed by atoms with Crippen LogP contribution in [0.1, 0.15) is 0 Å². The lowest BCUT2D eigenvalue weighted by molar-refractivity contribution is 0.0842. The van der Waals surface area contributed by atoms with Gasteiger partial charge in [0.05, 0.1) is 29.7 Å². The predicted octanol–water partition coefficient (Wildman–Crippen LogP) is 4.36. The van der Waals surface area contributed by atoms with Gasteiger partial charge >= 0.3 is 0 Å². The van der Waals surface area contributed by atoms with Gasteiger partial charge in [0.25, 0.3) is 0 Å². The second-order valence-electron chi connectivity index (χ2n) is 7.85. The van der Waals surface area contributed by atoms with Crippen LogP contribution in [0.4, 0.5) is 4.39 Å². The van der Waals surface area contributed by atoms with E-state index in [0.29, 0.717) is 24.7 Å². The third-order valence-electron chi connectivity index (χ3n) is 4.61. The van der Waals surface area contributed by atoms with E-state index in [1.807, 2.05) is 18.2 Å². The van der Waals surface area contributed by atoms with Crippen molar-refractivity contribution in [2.45, 2.75) is 6.73 Å². The van der Waals surface area contributed by atoms with E-state index < -0.39 is 16.0 Å². The topological polar surface area (TPSA) is 65.7 Å². The number of hydrogen-bond acceptors (Lipinski definition) is 5. The van der Waals surface area contributed by atoms with Gasteiger partial charge in [0.15, 0.2) is 0 Å². The number of pyridine rings is 3. The highest BCUT2D eigenvalue weighted by atomic mass is 32.3. The van der Waals surface area contributed by atoms with Gasteiger partial charge in [-0.05, 0) is 49.1 Å². The fourth-order valence-electron chi connectivity index (χ4n) is 3.03. The highest BCUT2D eigenvalue weighted by Gasteiger charge is 2.16. The molecule has 8 heteroatoms. The normalized spacial score (nSPS) is 12.4. The summed E-state index contributed by atoms with van der Waals surface area (Å²) in [6.45, 7) is 0.962. The van der Waals surface area contributed by atoms with Crippen molar-refractivity contribution in [2.75, 3.05) is 31.1 Å². The molecule has 4 rings (SSSR count). The van der Waals surface area contributed by atoms with Crippen LogP contribution >= 0.6 is 10.0 Å². The van der Waals surface area contributed by atoms with Crippen LogP contribution in [0.5, 0.6) is 0 Å². The number of ether oxygens (including phenoxy) is 1. The lowest BCUT2D eigenvalue weighted by Crippen LogP contribution is -2.10. The smallest absolute Gasteiger partial charge is 0.213 e. The van der Waals surface area contributed by atoms with Gasteiger partial charge in [0, 0.05) is 29.1 Å². The maximum Gasteiger partial charge on any atom is 0.213 e. The van der Waals surface area contributed by atoms with Crippen molar-refractivity contribution < 1.29 is 9.13 Å². The monoisotopic (exact) mass is 425 g/mol. The van der Waals surface area contributed by atoms with E-state index in [0.717, 1.165) is 27.9 Å².